The number of hydrogen-bond acceptors (Lipinski definition) is 2. The number of anilines is 1. The molecule has 0 spiro atoms. The molecule has 2 aliphatic rings. The van der Waals surface area contributed by atoms with Crippen molar-refractivity contribution >= 4 is 11.6 Å². The number of aromatic amines is 1. The number of nitrogens with zero attached hydrogens (tertiary/aromatic N) is 1. The highest BCUT2D eigenvalue weighted by Gasteiger charge is 2.30. The van der Waals surface area contributed by atoms with Gasteiger partial charge in [0, 0.05) is 11.9 Å². The minimum atomic E-state index is 0.0801. The molecule has 1 aromatic carbocycles. The van der Waals surface area contributed by atoms with Crippen LogP contribution in [0.1, 0.15) is 46.8 Å². The number of carbonyl (C=O) groups is 1. The van der Waals surface area contributed by atoms with Crippen LogP contribution in [0, 0.1) is 6.92 Å². The first-order chi connectivity index (χ1) is 10.7. The van der Waals surface area contributed by atoms with Gasteiger partial charge in [0.15, 0.2) is 0 Å². The molecule has 0 saturated heterocycles. The van der Waals surface area contributed by atoms with Gasteiger partial charge in [0.2, 0.25) is 0 Å². The third-order valence-corrected chi connectivity index (χ3v) is 4.75. The number of ether oxygens (including phenoxy) is 1. The lowest BCUT2D eigenvalue weighted by Crippen LogP contribution is -2.38. The first-order valence-electron chi connectivity index (χ1n) is 7.96. The topological polar surface area (TPSA) is 45.3 Å². The van der Waals surface area contributed by atoms with E-state index in [1.807, 2.05) is 42.3 Å². The van der Waals surface area contributed by atoms with E-state index in [0.717, 1.165) is 28.3 Å². The van der Waals surface area contributed by atoms with E-state index in [1.165, 1.54) is 19.3 Å². The summed E-state index contributed by atoms with van der Waals surface area (Å²) in [5.41, 5.74) is 3.95. The maximum Gasteiger partial charge on any atom is 0.260 e. The predicted molar refractivity (Wildman–Crippen MR) is 85.7 cm³/mol. The average Bonchev–Trinajstić information content (AvgIpc) is 2.92. The Morgan fingerprint density at radius 3 is 2.95 bits per heavy atom. The van der Waals surface area contributed by atoms with Crippen molar-refractivity contribution < 1.29 is 9.53 Å². The molecule has 2 heterocycles. The standard InChI is InChI=1S/C18H20N2O2/c1-12-5-6-15-16(11-12)22-10-9-20(15)18(21)14-7-8-19-17(14)13-3-2-4-13/h5-8,11,13,19H,2-4,9-10H2,1H3. The Bertz CT molecular complexity index is 716. The SMILES string of the molecule is Cc1ccc2c(c1)OCCN2C(=O)c1cc[nH]c1C1CCC1. The Balaban J connectivity index is 1.68. The summed E-state index contributed by atoms with van der Waals surface area (Å²) in [4.78, 5) is 18.2. The Morgan fingerprint density at radius 1 is 1.32 bits per heavy atom. The van der Waals surface area contributed by atoms with Gasteiger partial charge in [-0.2, -0.15) is 0 Å². The average molecular weight is 296 g/mol. The fourth-order valence-electron chi connectivity index (χ4n) is 3.29. The molecule has 2 aromatic rings. The quantitative estimate of drug-likeness (QED) is 0.919. The normalized spacial score (nSPS) is 17.6. The maximum absolute atomic E-state index is 13.0. The van der Waals surface area contributed by atoms with Gasteiger partial charge in [0.25, 0.3) is 5.91 Å². The highest BCUT2D eigenvalue weighted by Crippen LogP contribution is 2.39. The summed E-state index contributed by atoms with van der Waals surface area (Å²) in [5, 5.41) is 0. The lowest BCUT2D eigenvalue weighted by molar-refractivity contribution is 0.0974. The number of nitrogens with one attached hydrogen (secondary N) is 1. The van der Waals surface area contributed by atoms with Gasteiger partial charge in [0.05, 0.1) is 17.8 Å². The molecular weight excluding hydrogens is 276 g/mol. The molecule has 114 valence electrons. The number of aryl methyl sites for hydroxylation is 1. The minimum absolute atomic E-state index is 0.0801. The fourth-order valence-corrected chi connectivity index (χ4v) is 3.29. The zero-order valence-corrected chi connectivity index (χ0v) is 12.8. The van der Waals surface area contributed by atoms with Gasteiger partial charge >= 0.3 is 0 Å². The molecule has 1 fully saturated rings. The van der Waals surface area contributed by atoms with E-state index in [1.54, 1.807) is 0 Å². The second kappa shape index (κ2) is 5.20. The van der Waals surface area contributed by atoms with E-state index in [2.05, 4.69) is 4.98 Å². The smallest absolute Gasteiger partial charge is 0.260 e. The molecule has 4 nitrogen and oxygen atoms in total. The van der Waals surface area contributed by atoms with Crippen molar-refractivity contribution in [2.24, 2.45) is 0 Å². The van der Waals surface area contributed by atoms with Crippen LogP contribution in [0.15, 0.2) is 30.5 Å². The highest BCUT2D eigenvalue weighted by molar-refractivity contribution is 6.08. The summed E-state index contributed by atoms with van der Waals surface area (Å²) in [7, 11) is 0. The molecule has 1 aliphatic heterocycles. The largest absolute Gasteiger partial charge is 0.490 e. The highest BCUT2D eigenvalue weighted by atomic mass is 16.5. The molecule has 1 saturated carbocycles. The molecule has 0 atom stereocenters. The maximum atomic E-state index is 13.0. The summed E-state index contributed by atoms with van der Waals surface area (Å²) in [5.74, 6) is 1.41. The van der Waals surface area contributed by atoms with E-state index in [0.29, 0.717) is 19.1 Å². The molecule has 0 bridgehead atoms. The van der Waals surface area contributed by atoms with E-state index in [9.17, 15) is 4.79 Å². The van der Waals surface area contributed by atoms with Crippen molar-refractivity contribution in [2.75, 3.05) is 18.1 Å². The molecule has 0 radical (unpaired) electrons. The van der Waals surface area contributed by atoms with E-state index >= 15 is 0 Å². The first kappa shape index (κ1) is 13.4. The molecule has 22 heavy (non-hydrogen) atoms. The van der Waals surface area contributed by atoms with Crippen LogP contribution in [-0.4, -0.2) is 24.0 Å². The molecular formula is C18H20N2O2. The zero-order valence-electron chi connectivity index (χ0n) is 12.8. The number of rotatable bonds is 2. The number of amides is 1. The second-order valence-corrected chi connectivity index (χ2v) is 6.21. The van der Waals surface area contributed by atoms with Gasteiger partial charge in [-0.3, -0.25) is 4.79 Å². The molecule has 1 aromatic heterocycles. The van der Waals surface area contributed by atoms with Crippen LogP contribution in [-0.2, 0) is 0 Å². The monoisotopic (exact) mass is 296 g/mol. The predicted octanol–water partition coefficient (Wildman–Crippen LogP) is 3.63. The molecule has 1 aliphatic carbocycles. The second-order valence-electron chi connectivity index (χ2n) is 6.21. The number of H-pyrrole nitrogens is 1. The number of fused-ring (bicyclic) bond motifs is 1. The molecule has 1 N–H and O–H groups in total. The van der Waals surface area contributed by atoms with Crippen LogP contribution in [0.5, 0.6) is 5.75 Å². The third-order valence-electron chi connectivity index (χ3n) is 4.75. The van der Waals surface area contributed by atoms with Gasteiger partial charge in [-0.25, -0.2) is 0 Å². The number of carbonyl (C=O) groups excluding carboxylic acids is 1. The minimum Gasteiger partial charge on any atom is -0.490 e. The van der Waals surface area contributed by atoms with Crippen molar-refractivity contribution in [3.8, 4) is 5.75 Å². The molecule has 0 unspecified atom stereocenters. The van der Waals surface area contributed by atoms with Crippen molar-refractivity contribution in [1.29, 1.82) is 0 Å². The number of hydrogen-bond donors (Lipinski definition) is 1. The Hall–Kier alpha value is -2.23. The van der Waals surface area contributed by atoms with Gasteiger partial charge in [-0.15, -0.1) is 0 Å². The number of benzene rings is 1. The molecule has 4 rings (SSSR count). The summed E-state index contributed by atoms with van der Waals surface area (Å²) in [6, 6.07) is 7.92. The Kier molecular flexibility index (Phi) is 3.17. The van der Waals surface area contributed by atoms with E-state index < -0.39 is 0 Å². The fraction of sp³-hybridized carbons (Fsp3) is 0.389. The molecule has 1 amide bonds. The Morgan fingerprint density at radius 2 is 2.18 bits per heavy atom. The summed E-state index contributed by atoms with van der Waals surface area (Å²) >= 11 is 0. The summed E-state index contributed by atoms with van der Waals surface area (Å²) in [6.07, 6.45) is 5.51. The van der Waals surface area contributed by atoms with Crippen LogP contribution < -0.4 is 9.64 Å². The first-order valence-corrected chi connectivity index (χ1v) is 7.96. The summed E-state index contributed by atoms with van der Waals surface area (Å²) in [6.45, 7) is 3.18. The van der Waals surface area contributed by atoms with Crippen molar-refractivity contribution in [2.45, 2.75) is 32.1 Å². The van der Waals surface area contributed by atoms with Gasteiger partial charge in [-0.05, 0) is 49.4 Å². The van der Waals surface area contributed by atoms with E-state index in [-0.39, 0.29) is 5.91 Å². The van der Waals surface area contributed by atoms with Crippen molar-refractivity contribution in [1.82, 2.24) is 4.98 Å². The lowest BCUT2D eigenvalue weighted by Gasteiger charge is -2.31. The lowest BCUT2D eigenvalue weighted by atomic mass is 9.81. The Labute approximate surface area is 130 Å². The zero-order chi connectivity index (χ0) is 15.1. The van der Waals surface area contributed by atoms with Gasteiger partial charge in [-0.1, -0.05) is 12.5 Å². The van der Waals surface area contributed by atoms with Gasteiger partial charge in [0.1, 0.15) is 12.4 Å². The third kappa shape index (κ3) is 2.10. The van der Waals surface area contributed by atoms with Crippen LogP contribution in [0.2, 0.25) is 0 Å². The van der Waals surface area contributed by atoms with Crippen LogP contribution in [0.3, 0.4) is 0 Å². The van der Waals surface area contributed by atoms with Crippen LogP contribution in [0.25, 0.3) is 0 Å². The van der Waals surface area contributed by atoms with Gasteiger partial charge < -0.3 is 14.6 Å². The number of aromatic nitrogens is 1. The van der Waals surface area contributed by atoms with Crippen LogP contribution >= 0.6 is 0 Å². The van der Waals surface area contributed by atoms with Crippen molar-refractivity contribution in [3.63, 3.8) is 0 Å². The van der Waals surface area contributed by atoms with Crippen LogP contribution in [0.4, 0.5) is 5.69 Å². The summed E-state index contributed by atoms with van der Waals surface area (Å²) < 4.78 is 5.71. The van der Waals surface area contributed by atoms with E-state index in [4.69, 9.17) is 4.74 Å². The molecule has 4 heteroatoms. The van der Waals surface area contributed by atoms with Crippen molar-refractivity contribution in [3.05, 3.63) is 47.3 Å².